The van der Waals surface area contributed by atoms with E-state index in [0.29, 0.717) is 0 Å². The van der Waals surface area contributed by atoms with E-state index in [0.717, 1.165) is 12.8 Å². The summed E-state index contributed by atoms with van der Waals surface area (Å²) in [5.74, 6) is 0. The van der Waals surface area contributed by atoms with Gasteiger partial charge in [-0.15, -0.1) is 0 Å². The molecule has 0 spiro atoms. The van der Waals surface area contributed by atoms with E-state index in [-0.39, 0.29) is 6.04 Å². The van der Waals surface area contributed by atoms with Crippen LogP contribution in [0.2, 0.25) is 0 Å². The van der Waals surface area contributed by atoms with E-state index in [9.17, 15) is 4.91 Å². The summed E-state index contributed by atoms with van der Waals surface area (Å²) < 4.78 is 0. The van der Waals surface area contributed by atoms with Gasteiger partial charge >= 0.3 is 0 Å². The Morgan fingerprint density at radius 3 is 1.03 bits per heavy atom. The van der Waals surface area contributed by atoms with Crippen LogP contribution in [0.15, 0.2) is 53.7 Å². The highest BCUT2D eigenvalue weighted by Gasteiger charge is 2.08. The average Bonchev–Trinajstić information content (AvgIpc) is 2.95. The molecule has 0 fully saturated rings. The number of hydrogen-bond donors (Lipinski definition) is 0. The van der Waals surface area contributed by atoms with Crippen molar-refractivity contribution in [2.75, 3.05) is 0 Å². The minimum absolute atomic E-state index is 0.0621. The summed E-state index contributed by atoms with van der Waals surface area (Å²) >= 11 is 0. The monoisotopic (exact) mass is 533 g/mol. The summed E-state index contributed by atoms with van der Waals surface area (Å²) in [5.41, 5.74) is 5.67. The first kappa shape index (κ1) is 33.2. The van der Waals surface area contributed by atoms with E-state index in [1.54, 1.807) is 0 Å². The molecule has 0 unspecified atom stereocenters. The van der Waals surface area contributed by atoms with Gasteiger partial charge in [-0.3, -0.25) is 0 Å². The van der Waals surface area contributed by atoms with Crippen molar-refractivity contribution >= 4 is 0 Å². The Labute approximate surface area is 241 Å². The van der Waals surface area contributed by atoms with Crippen molar-refractivity contribution < 1.29 is 0 Å². The zero-order valence-electron chi connectivity index (χ0n) is 25.6. The molecule has 0 radical (unpaired) electrons. The van der Waals surface area contributed by atoms with Crippen LogP contribution in [-0.2, 0) is 12.8 Å². The Morgan fingerprint density at radius 1 is 0.436 bits per heavy atom. The van der Waals surface area contributed by atoms with Gasteiger partial charge in [0.25, 0.3) is 0 Å². The molecule has 2 rings (SSSR count). The summed E-state index contributed by atoms with van der Waals surface area (Å²) in [6, 6.07) is 18.1. The maximum absolute atomic E-state index is 11.2. The van der Waals surface area contributed by atoms with Crippen LogP contribution in [0, 0.1) is 18.8 Å². The molecular formula is C37H59NO. The van der Waals surface area contributed by atoms with Gasteiger partial charge in [0.2, 0.25) is 0 Å². The summed E-state index contributed by atoms with van der Waals surface area (Å²) in [7, 11) is 0. The summed E-state index contributed by atoms with van der Waals surface area (Å²) in [4.78, 5) is 11.2. The lowest BCUT2D eigenvalue weighted by atomic mass is 10.00. The van der Waals surface area contributed by atoms with Crippen molar-refractivity contribution in [2.45, 2.75) is 161 Å². The lowest BCUT2D eigenvalue weighted by Crippen LogP contribution is -2.03. The van der Waals surface area contributed by atoms with Gasteiger partial charge in [-0.05, 0) is 63.5 Å². The van der Waals surface area contributed by atoms with Gasteiger partial charge in [-0.2, -0.15) is 4.91 Å². The van der Waals surface area contributed by atoms with Gasteiger partial charge in [-0.1, -0.05) is 168 Å². The Bertz CT molecular complexity index is 758. The molecule has 0 aromatic heterocycles. The fourth-order valence-electron chi connectivity index (χ4n) is 5.65. The van der Waals surface area contributed by atoms with Crippen LogP contribution in [0.3, 0.4) is 0 Å². The molecule has 0 saturated carbocycles. The van der Waals surface area contributed by atoms with Gasteiger partial charge in [0.1, 0.15) is 0 Å². The predicted molar refractivity (Wildman–Crippen MR) is 172 cm³/mol. The van der Waals surface area contributed by atoms with Crippen LogP contribution in [0.5, 0.6) is 0 Å². The molecule has 0 atom stereocenters. The Morgan fingerprint density at radius 2 is 0.718 bits per heavy atom. The summed E-state index contributed by atoms with van der Waals surface area (Å²) in [6.07, 6.45) is 28.3. The fourth-order valence-corrected chi connectivity index (χ4v) is 5.65. The Balaban J connectivity index is 1.29. The number of rotatable bonds is 25. The van der Waals surface area contributed by atoms with Crippen LogP contribution in [-0.4, -0.2) is 6.04 Å². The lowest BCUT2D eigenvalue weighted by molar-refractivity contribution is 0.478. The summed E-state index contributed by atoms with van der Waals surface area (Å²) in [5, 5.41) is 3.44. The highest BCUT2D eigenvalue weighted by atomic mass is 16.3. The Kier molecular flexibility index (Phi) is 19.4. The smallest absolute Gasteiger partial charge is 0.0919 e. The molecule has 0 N–H and O–H groups in total. The maximum Gasteiger partial charge on any atom is 0.0919 e. The molecule has 39 heavy (non-hydrogen) atoms. The zero-order valence-corrected chi connectivity index (χ0v) is 25.6. The van der Waals surface area contributed by atoms with Crippen molar-refractivity contribution in [3.05, 3.63) is 75.7 Å². The molecule has 0 aliphatic heterocycles. The van der Waals surface area contributed by atoms with Gasteiger partial charge in [-0.25, -0.2) is 0 Å². The first-order chi connectivity index (χ1) is 19.2. The van der Waals surface area contributed by atoms with Crippen LogP contribution in [0.4, 0.5) is 0 Å². The van der Waals surface area contributed by atoms with Gasteiger partial charge < -0.3 is 0 Å². The number of nitroso groups, excluding NO2 is 1. The second-order valence-electron chi connectivity index (χ2n) is 12.2. The van der Waals surface area contributed by atoms with Crippen molar-refractivity contribution in [1.82, 2.24) is 0 Å². The van der Waals surface area contributed by atoms with Crippen LogP contribution in [0.1, 0.15) is 151 Å². The average molecular weight is 534 g/mol. The second-order valence-corrected chi connectivity index (χ2v) is 12.2. The molecule has 2 heteroatoms. The molecule has 0 aliphatic rings. The first-order valence-electron chi connectivity index (χ1n) is 16.6. The molecule has 2 aromatic carbocycles. The van der Waals surface area contributed by atoms with Crippen LogP contribution < -0.4 is 0 Å². The lowest BCUT2D eigenvalue weighted by Gasteiger charge is -2.09. The third-order valence-electron chi connectivity index (χ3n) is 8.40. The minimum Gasteiger partial charge on any atom is -0.151 e. The standard InChI is InChI=1S/C37H59NO/c1-33-25-29-35(30-26-33)21-17-13-9-5-3-7-11-15-19-23-37(38-39)24-20-16-12-8-4-6-10-14-18-22-36-31-27-34(2)28-32-36/h25-32,37H,3-24H2,1-2H3. The van der Waals surface area contributed by atoms with Gasteiger partial charge in [0.15, 0.2) is 0 Å². The highest BCUT2D eigenvalue weighted by molar-refractivity contribution is 5.22. The largest absolute Gasteiger partial charge is 0.151 e. The van der Waals surface area contributed by atoms with Crippen molar-refractivity contribution in [3.63, 3.8) is 0 Å². The molecule has 0 aliphatic carbocycles. The van der Waals surface area contributed by atoms with E-state index >= 15 is 0 Å². The van der Waals surface area contributed by atoms with E-state index < -0.39 is 0 Å². The molecule has 0 heterocycles. The van der Waals surface area contributed by atoms with Crippen molar-refractivity contribution in [2.24, 2.45) is 5.18 Å². The molecule has 218 valence electrons. The van der Waals surface area contributed by atoms with E-state index in [4.69, 9.17) is 0 Å². The molecule has 0 bridgehead atoms. The number of aryl methyl sites for hydroxylation is 4. The van der Waals surface area contributed by atoms with Crippen molar-refractivity contribution in [3.8, 4) is 0 Å². The van der Waals surface area contributed by atoms with E-state index in [1.807, 2.05) is 0 Å². The molecular weight excluding hydrogens is 474 g/mol. The molecule has 2 aromatic rings. The van der Waals surface area contributed by atoms with E-state index in [2.05, 4.69) is 67.6 Å². The zero-order chi connectivity index (χ0) is 27.8. The van der Waals surface area contributed by atoms with Crippen LogP contribution >= 0.6 is 0 Å². The molecule has 0 amide bonds. The summed E-state index contributed by atoms with van der Waals surface area (Å²) in [6.45, 7) is 4.31. The maximum atomic E-state index is 11.2. The molecule has 0 saturated heterocycles. The predicted octanol–water partition coefficient (Wildman–Crippen LogP) is 12.0. The van der Waals surface area contributed by atoms with Gasteiger partial charge in [0, 0.05) is 0 Å². The van der Waals surface area contributed by atoms with Gasteiger partial charge in [0.05, 0.1) is 6.04 Å². The first-order valence-corrected chi connectivity index (χ1v) is 16.6. The SMILES string of the molecule is Cc1ccc(CCCCCCCCCCCC(CCCCCCCCCCCc2ccc(C)cc2)N=O)cc1. The van der Waals surface area contributed by atoms with Crippen molar-refractivity contribution in [1.29, 1.82) is 0 Å². The number of hydrogen-bond acceptors (Lipinski definition) is 2. The quantitative estimate of drug-likeness (QED) is 0.0921. The number of benzene rings is 2. The fraction of sp³-hybridized carbons (Fsp3) is 0.676. The van der Waals surface area contributed by atoms with E-state index in [1.165, 1.54) is 151 Å². The molecule has 2 nitrogen and oxygen atoms in total. The van der Waals surface area contributed by atoms with Crippen LogP contribution in [0.25, 0.3) is 0 Å². The number of nitrogens with zero attached hydrogens (tertiary/aromatic N) is 1. The normalized spacial score (nSPS) is 11.4. The topological polar surface area (TPSA) is 29.4 Å². The third-order valence-corrected chi connectivity index (χ3v) is 8.40. The Hall–Kier alpha value is -1.96. The number of unbranched alkanes of at least 4 members (excludes halogenated alkanes) is 16. The second kappa shape index (κ2) is 22.8. The minimum atomic E-state index is 0.0621. The third kappa shape index (κ3) is 18.1. The highest BCUT2D eigenvalue weighted by Crippen LogP contribution is 2.18.